The first-order valence-electron chi connectivity index (χ1n) is 8.72. The zero-order valence-corrected chi connectivity index (χ0v) is 16.0. The van der Waals surface area contributed by atoms with E-state index in [1.54, 1.807) is 0 Å². The van der Waals surface area contributed by atoms with Gasteiger partial charge in [-0.3, -0.25) is 0 Å². The van der Waals surface area contributed by atoms with Crippen LogP contribution in [0.4, 0.5) is 0 Å². The molecule has 0 saturated carbocycles. The Kier molecular flexibility index (Phi) is 4.42. The molecule has 0 fully saturated rings. The van der Waals surface area contributed by atoms with E-state index in [1.807, 2.05) is 19.6 Å². The molecule has 0 aliphatic heterocycles. The van der Waals surface area contributed by atoms with Crippen molar-refractivity contribution in [3.63, 3.8) is 0 Å². The maximum absolute atomic E-state index is 4.22. The minimum Gasteiger partial charge on any atom is -0.233 e. The van der Waals surface area contributed by atoms with Crippen LogP contribution in [0.25, 0.3) is 16.9 Å². The largest absolute Gasteiger partial charge is 0.286 e. The van der Waals surface area contributed by atoms with Crippen molar-refractivity contribution in [1.29, 1.82) is 0 Å². The molecule has 0 atom stereocenters. The van der Waals surface area contributed by atoms with Crippen LogP contribution in [-0.4, -0.2) is 4.98 Å². The number of hydrogen-bond donors (Lipinski definition) is 0. The molecule has 0 unspecified atom stereocenters. The van der Waals surface area contributed by atoms with Gasteiger partial charge < -0.3 is 0 Å². The van der Waals surface area contributed by atoms with Crippen molar-refractivity contribution in [3.05, 3.63) is 71.9 Å². The van der Waals surface area contributed by atoms with Gasteiger partial charge in [0.2, 0.25) is 5.69 Å². The quantitative estimate of drug-likeness (QED) is 0.654. The highest BCUT2D eigenvalue weighted by atomic mass is 15.0. The predicted octanol–water partition coefficient (Wildman–Crippen LogP) is 3.76. The van der Waals surface area contributed by atoms with E-state index >= 15 is 0 Å². The summed E-state index contributed by atoms with van der Waals surface area (Å²) in [6, 6.07) is 13.1. The molecule has 0 radical (unpaired) electrons. The lowest BCUT2D eigenvalue weighted by molar-refractivity contribution is -0.663. The van der Waals surface area contributed by atoms with Gasteiger partial charge in [-0.05, 0) is 24.0 Å². The Morgan fingerprint density at radius 2 is 1.76 bits per heavy atom. The molecule has 0 saturated heterocycles. The Balaban J connectivity index is 2.35. The predicted molar refractivity (Wildman–Crippen MR) is 101 cm³/mol. The lowest BCUT2D eigenvalue weighted by atomic mass is 9.84. The minimum absolute atomic E-state index is 0.0754. The van der Waals surface area contributed by atoms with Crippen LogP contribution in [0.1, 0.15) is 37.6 Å². The van der Waals surface area contributed by atoms with Gasteiger partial charge in [0, 0.05) is 42.3 Å². The smallest absolute Gasteiger partial charge is 0.233 e. The van der Waals surface area contributed by atoms with E-state index in [4.69, 9.17) is 0 Å². The monoisotopic (exact) mass is 333 g/mol. The van der Waals surface area contributed by atoms with Gasteiger partial charge in [0.1, 0.15) is 11.9 Å². The number of nitrogens with zero attached hydrogens (tertiary/aromatic N) is 3. The van der Waals surface area contributed by atoms with Gasteiger partial charge in [-0.2, -0.15) is 4.57 Å². The Bertz CT molecular complexity index is 854. The molecule has 3 heteroatoms. The molecule has 2 aromatic heterocycles. The van der Waals surface area contributed by atoms with Crippen LogP contribution < -0.4 is 9.13 Å². The Hall–Kier alpha value is -2.55. The molecule has 3 aromatic rings. The number of rotatable bonds is 2. The minimum atomic E-state index is 0.0754. The van der Waals surface area contributed by atoms with Crippen molar-refractivity contribution < 1.29 is 9.13 Å². The molecule has 0 amide bonds. The van der Waals surface area contributed by atoms with Crippen LogP contribution in [-0.2, 0) is 12.5 Å². The third-order valence-electron chi connectivity index (χ3n) is 4.78. The Morgan fingerprint density at radius 1 is 1.00 bits per heavy atom. The van der Waals surface area contributed by atoms with Crippen molar-refractivity contribution in [2.75, 3.05) is 0 Å². The highest BCUT2D eigenvalue weighted by Crippen LogP contribution is 2.31. The summed E-state index contributed by atoms with van der Waals surface area (Å²) in [6.45, 7) is 11.1. The molecule has 0 aliphatic rings. The zero-order chi connectivity index (χ0) is 18.2. The van der Waals surface area contributed by atoms with Gasteiger partial charge in [0.05, 0.1) is 7.05 Å². The average molecular weight is 333 g/mol. The number of benzene rings is 1. The third kappa shape index (κ3) is 3.32. The van der Waals surface area contributed by atoms with Crippen molar-refractivity contribution in [3.8, 4) is 16.9 Å². The van der Waals surface area contributed by atoms with E-state index in [0.717, 1.165) is 0 Å². The van der Waals surface area contributed by atoms with Crippen molar-refractivity contribution in [1.82, 2.24) is 4.98 Å². The van der Waals surface area contributed by atoms with E-state index in [9.17, 15) is 0 Å². The molecule has 0 aliphatic carbocycles. The van der Waals surface area contributed by atoms with Crippen LogP contribution >= 0.6 is 0 Å². The zero-order valence-electron chi connectivity index (χ0n) is 16.0. The highest BCUT2D eigenvalue weighted by Gasteiger charge is 2.24. The van der Waals surface area contributed by atoms with Crippen molar-refractivity contribution >= 4 is 0 Å². The number of aryl methyl sites for hydroxylation is 2. The average Bonchev–Trinajstić information content (AvgIpc) is 2.55. The van der Waals surface area contributed by atoms with Crippen LogP contribution in [0, 0.1) is 13.8 Å². The van der Waals surface area contributed by atoms with Crippen LogP contribution in [0.15, 0.2) is 55.1 Å². The molecular weight excluding hydrogens is 306 g/mol. The molecule has 128 valence electrons. The second-order valence-corrected chi connectivity index (χ2v) is 7.71. The molecule has 3 nitrogen and oxygen atoms in total. The number of hydrogen-bond acceptors (Lipinski definition) is 1. The summed E-state index contributed by atoms with van der Waals surface area (Å²) in [5.74, 6) is 0. The standard InChI is InChI=1S/C22H27N3/c1-16-9-7-8-12-25(16)21-14-18(22(3,4)5)13-19(17(21)2)20-10-11-23-15-24(20)6/h7-15H,1-6H3/q+2. The van der Waals surface area contributed by atoms with E-state index in [-0.39, 0.29) is 5.41 Å². The molecule has 0 bridgehead atoms. The van der Waals surface area contributed by atoms with Gasteiger partial charge in [-0.25, -0.2) is 4.57 Å². The second kappa shape index (κ2) is 6.40. The molecule has 1 aromatic carbocycles. The first-order valence-corrected chi connectivity index (χ1v) is 8.72. The summed E-state index contributed by atoms with van der Waals surface area (Å²) in [5, 5.41) is 0. The van der Waals surface area contributed by atoms with E-state index < -0.39 is 0 Å². The first kappa shape index (κ1) is 17.3. The number of aromatic nitrogens is 3. The fraction of sp³-hybridized carbons (Fsp3) is 0.318. The summed E-state index contributed by atoms with van der Waals surface area (Å²) in [5.41, 5.74) is 7.56. The molecule has 2 heterocycles. The fourth-order valence-electron chi connectivity index (χ4n) is 3.16. The summed E-state index contributed by atoms with van der Waals surface area (Å²) in [7, 11) is 2.05. The Labute approximate surface area is 150 Å². The molecule has 0 spiro atoms. The van der Waals surface area contributed by atoms with Gasteiger partial charge in [-0.1, -0.05) is 31.8 Å². The van der Waals surface area contributed by atoms with Gasteiger partial charge in [-0.15, -0.1) is 0 Å². The first-order chi connectivity index (χ1) is 11.8. The maximum atomic E-state index is 4.22. The summed E-state index contributed by atoms with van der Waals surface area (Å²) in [6.07, 6.45) is 5.86. The van der Waals surface area contributed by atoms with E-state index in [0.29, 0.717) is 0 Å². The van der Waals surface area contributed by atoms with Gasteiger partial charge in [0.25, 0.3) is 6.33 Å². The maximum Gasteiger partial charge on any atom is 0.286 e. The lowest BCUT2D eigenvalue weighted by Crippen LogP contribution is -2.36. The molecular formula is C22H27N3+2. The molecule has 3 rings (SSSR count). The second-order valence-electron chi connectivity index (χ2n) is 7.71. The van der Waals surface area contributed by atoms with Gasteiger partial charge in [0.15, 0.2) is 11.9 Å². The van der Waals surface area contributed by atoms with E-state index in [1.165, 1.54) is 33.8 Å². The summed E-state index contributed by atoms with van der Waals surface area (Å²) in [4.78, 5) is 4.22. The Morgan fingerprint density at radius 3 is 2.40 bits per heavy atom. The van der Waals surface area contributed by atoms with Crippen molar-refractivity contribution in [2.45, 2.75) is 40.0 Å². The molecule has 0 N–H and O–H groups in total. The summed E-state index contributed by atoms with van der Waals surface area (Å²) < 4.78 is 4.36. The van der Waals surface area contributed by atoms with Crippen LogP contribution in [0.5, 0.6) is 0 Å². The van der Waals surface area contributed by atoms with E-state index in [2.05, 4.69) is 91.3 Å². The fourth-order valence-corrected chi connectivity index (χ4v) is 3.16. The summed E-state index contributed by atoms with van der Waals surface area (Å²) >= 11 is 0. The topological polar surface area (TPSA) is 20.6 Å². The van der Waals surface area contributed by atoms with Crippen LogP contribution in [0.2, 0.25) is 0 Å². The van der Waals surface area contributed by atoms with Crippen LogP contribution in [0.3, 0.4) is 0 Å². The lowest BCUT2D eigenvalue weighted by Gasteiger charge is -2.21. The number of pyridine rings is 1. The normalized spacial score (nSPS) is 11.6. The van der Waals surface area contributed by atoms with Gasteiger partial charge >= 0.3 is 0 Å². The van der Waals surface area contributed by atoms with Crippen molar-refractivity contribution in [2.24, 2.45) is 7.05 Å². The SMILES string of the molecule is Cc1c(-c2ccnc[n+]2C)cc(C(C)(C)C)cc1-[n+]1ccccc1C. The highest BCUT2D eigenvalue weighted by molar-refractivity contribution is 5.66. The third-order valence-corrected chi connectivity index (χ3v) is 4.78. The molecule has 25 heavy (non-hydrogen) atoms.